The number of nitro groups is 1. The van der Waals surface area contributed by atoms with Crippen molar-refractivity contribution < 1.29 is 23.7 Å². The Morgan fingerprint density at radius 3 is 2.73 bits per heavy atom. The van der Waals surface area contributed by atoms with Gasteiger partial charge in [0.05, 0.1) is 35.8 Å². The zero-order chi connectivity index (χ0) is 26.5. The Balaban J connectivity index is 1.69. The number of rotatable bonds is 8. The van der Waals surface area contributed by atoms with Crippen molar-refractivity contribution in [3.8, 4) is 0 Å². The summed E-state index contributed by atoms with van der Waals surface area (Å²) in [6.07, 6.45) is 2.59. The van der Waals surface area contributed by atoms with Gasteiger partial charge in [-0.2, -0.15) is 4.98 Å². The third kappa shape index (κ3) is 5.81. The number of methoxy groups -OCH3 is 1. The first kappa shape index (κ1) is 25.5. The van der Waals surface area contributed by atoms with Crippen LogP contribution < -0.4 is 5.32 Å². The van der Waals surface area contributed by atoms with E-state index in [1.807, 2.05) is 31.0 Å². The van der Waals surface area contributed by atoms with Crippen molar-refractivity contribution in [2.75, 3.05) is 14.2 Å². The summed E-state index contributed by atoms with van der Waals surface area (Å²) in [6, 6.07) is 9.95. The van der Waals surface area contributed by atoms with Crippen molar-refractivity contribution >= 4 is 17.4 Å². The highest BCUT2D eigenvalue weighted by Crippen LogP contribution is 2.44. The molecule has 2 aromatic heterocycles. The lowest BCUT2D eigenvalue weighted by molar-refractivity contribution is -0.384. The van der Waals surface area contributed by atoms with Crippen LogP contribution in [0, 0.1) is 10.1 Å². The molecule has 37 heavy (non-hydrogen) atoms. The van der Waals surface area contributed by atoms with E-state index < -0.39 is 17.0 Å². The van der Waals surface area contributed by atoms with E-state index in [0.717, 1.165) is 5.56 Å². The first-order valence-corrected chi connectivity index (χ1v) is 11.4. The maximum absolute atomic E-state index is 12.1. The lowest BCUT2D eigenvalue weighted by Gasteiger charge is -2.29. The minimum atomic E-state index is -0.922. The van der Waals surface area contributed by atoms with Gasteiger partial charge in [0.15, 0.2) is 5.82 Å². The summed E-state index contributed by atoms with van der Waals surface area (Å²) in [4.78, 5) is 33.8. The van der Waals surface area contributed by atoms with Crippen molar-refractivity contribution in [3.05, 3.63) is 98.9 Å². The van der Waals surface area contributed by atoms with E-state index in [1.165, 1.54) is 19.2 Å². The fraction of sp³-hybridized carbons (Fsp3) is 0.280. The number of ether oxygens (including phenoxy) is 2. The van der Waals surface area contributed by atoms with Crippen LogP contribution in [-0.2, 0) is 22.6 Å². The van der Waals surface area contributed by atoms with Crippen LogP contribution in [0.4, 0.5) is 10.5 Å². The third-order valence-electron chi connectivity index (χ3n) is 5.76. The Kier molecular flexibility index (Phi) is 7.58. The minimum Gasteiger partial charge on any atom is -0.437 e. The molecule has 1 aliphatic heterocycles. The summed E-state index contributed by atoms with van der Waals surface area (Å²) in [7, 11) is 3.13. The molecule has 192 valence electrons. The molecule has 0 saturated heterocycles. The number of dihydropyridines is 1. The molecule has 3 heterocycles. The van der Waals surface area contributed by atoms with Crippen LogP contribution in [0.1, 0.15) is 42.6 Å². The largest absolute Gasteiger partial charge is 0.513 e. The topological polar surface area (TPSA) is 146 Å². The van der Waals surface area contributed by atoms with Crippen LogP contribution >= 0.6 is 0 Å². The highest BCUT2D eigenvalue weighted by atomic mass is 16.7. The van der Waals surface area contributed by atoms with Gasteiger partial charge in [-0.25, -0.2) is 4.79 Å². The van der Waals surface area contributed by atoms with E-state index in [1.54, 1.807) is 31.5 Å². The Bertz CT molecular complexity index is 1370. The molecule has 4 rings (SSSR count). The number of pyridine rings is 1. The van der Waals surface area contributed by atoms with Crippen molar-refractivity contribution in [2.24, 2.45) is 0 Å². The quantitative estimate of drug-likeness (QED) is 0.267. The molecule has 0 aliphatic carbocycles. The average Bonchev–Trinajstić information content (AvgIpc) is 3.33. The van der Waals surface area contributed by atoms with Gasteiger partial charge in [0.2, 0.25) is 0 Å². The Morgan fingerprint density at radius 2 is 2.03 bits per heavy atom. The first-order valence-electron chi connectivity index (χ1n) is 11.4. The summed E-state index contributed by atoms with van der Waals surface area (Å²) in [5.74, 6) is 0.106. The molecule has 1 atom stereocenters. The Hall–Kier alpha value is -4.58. The number of non-ortho nitro benzene ring substituents is 1. The van der Waals surface area contributed by atoms with Gasteiger partial charge in [-0.1, -0.05) is 23.4 Å². The number of aromatic nitrogens is 3. The molecule has 1 unspecified atom stereocenters. The highest BCUT2D eigenvalue weighted by molar-refractivity contribution is 5.76. The first-order chi connectivity index (χ1) is 17.8. The maximum Gasteiger partial charge on any atom is 0.513 e. The van der Waals surface area contributed by atoms with E-state index in [0.29, 0.717) is 41.4 Å². The number of carbonyl (C=O) groups excluding carboxylic acids is 1. The van der Waals surface area contributed by atoms with Crippen LogP contribution in [0.5, 0.6) is 0 Å². The van der Waals surface area contributed by atoms with Gasteiger partial charge in [-0.05, 0) is 38.1 Å². The molecule has 1 aromatic carbocycles. The van der Waals surface area contributed by atoms with Gasteiger partial charge in [-0.15, -0.1) is 0 Å². The van der Waals surface area contributed by atoms with Gasteiger partial charge < -0.3 is 19.3 Å². The summed E-state index contributed by atoms with van der Waals surface area (Å²) < 4.78 is 15.9. The van der Waals surface area contributed by atoms with Crippen molar-refractivity contribution in [1.29, 1.82) is 0 Å². The number of nitrogens with one attached hydrogen (secondary N) is 1. The minimum absolute atomic E-state index is 0.105. The lowest BCUT2D eigenvalue weighted by atomic mass is 9.84. The summed E-state index contributed by atoms with van der Waals surface area (Å²) in [5, 5.41) is 18.8. The standard InChI is InChI=1S/C25H26N6O6/c1-15-21(24-28-20(29-37-24)14-30(3)13-17-7-6-10-26-12-17)22(18-8-5-9-19(11-18)31(33)34)23(16(2)27-15)36-25(32)35-4/h5-12,22,27H,13-14H2,1-4H3. The van der Waals surface area contributed by atoms with Gasteiger partial charge in [0.1, 0.15) is 5.76 Å². The van der Waals surface area contributed by atoms with Gasteiger partial charge in [0.25, 0.3) is 11.6 Å². The van der Waals surface area contributed by atoms with Crippen LogP contribution in [0.25, 0.3) is 5.57 Å². The molecule has 0 fully saturated rings. The fourth-order valence-corrected chi connectivity index (χ4v) is 4.19. The zero-order valence-corrected chi connectivity index (χ0v) is 20.8. The summed E-state index contributed by atoms with van der Waals surface area (Å²) >= 11 is 0. The van der Waals surface area contributed by atoms with Crippen LogP contribution in [0.3, 0.4) is 0 Å². The molecule has 0 spiro atoms. The predicted octanol–water partition coefficient (Wildman–Crippen LogP) is 4.14. The molecular weight excluding hydrogens is 480 g/mol. The molecule has 0 saturated carbocycles. The van der Waals surface area contributed by atoms with Crippen LogP contribution in [0.2, 0.25) is 0 Å². The number of hydrogen-bond donors (Lipinski definition) is 1. The normalized spacial score (nSPS) is 15.5. The van der Waals surface area contributed by atoms with Gasteiger partial charge in [-0.3, -0.25) is 20.0 Å². The number of carbonyl (C=O) groups is 1. The molecule has 0 radical (unpaired) electrons. The second-order valence-electron chi connectivity index (χ2n) is 8.54. The van der Waals surface area contributed by atoms with E-state index in [9.17, 15) is 14.9 Å². The van der Waals surface area contributed by atoms with Gasteiger partial charge in [0, 0.05) is 36.8 Å². The van der Waals surface area contributed by atoms with Crippen LogP contribution in [0.15, 0.2) is 70.5 Å². The fourth-order valence-electron chi connectivity index (χ4n) is 4.19. The monoisotopic (exact) mass is 506 g/mol. The molecular formula is C25H26N6O6. The molecule has 1 N–H and O–H groups in total. The van der Waals surface area contributed by atoms with E-state index >= 15 is 0 Å². The maximum atomic E-state index is 12.1. The van der Waals surface area contributed by atoms with Crippen molar-refractivity contribution in [2.45, 2.75) is 32.9 Å². The summed E-state index contributed by atoms with van der Waals surface area (Å²) in [5.41, 5.74) is 3.19. The Morgan fingerprint density at radius 1 is 1.22 bits per heavy atom. The second-order valence-corrected chi connectivity index (χ2v) is 8.54. The van der Waals surface area contributed by atoms with E-state index in [4.69, 9.17) is 14.0 Å². The summed E-state index contributed by atoms with van der Waals surface area (Å²) in [6.45, 7) is 4.59. The highest BCUT2D eigenvalue weighted by Gasteiger charge is 2.36. The van der Waals surface area contributed by atoms with Crippen LogP contribution in [-0.4, -0.2) is 45.3 Å². The molecule has 0 amide bonds. The smallest absolute Gasteiger partial charge is 0.437 e. The molecule has 3 aromatic rings. The lowest BCUT2D eigenvalue weighted by Crippen LogP contribution is -2.26. The average molecular weight is 507 g/mol. The molecule has 12 heteroatoms. The van der Waals surface area contributed by atoms with Gasteiger partial charge >= 0.3 is 6.16 Å². The predicted molar refractivity (Wildman–Crippen MR) is 131 cm³/mol. The Labute approximate surface area is 212 Å². The number of nitro benzene ring substituents is 1. The number of hydrogen-bond acceptors (Lipinski definition) is 11. The number of nitrogens with zero attached hydrogens (tertiary/aromatic N) is 5. The van der Waals surface area contributed by atoms with Crippen molar-refractivity contribution in [3.63, 3.8) is 0 Å². The number of benzene rings is 1. The van der Waals surface area contributed by atoms with E-state index in [2.05, 4.69) is 20.4 Å². The SMILES string of the molecule is COC(=O)OC1=C(C)NC(C)=C(c2nc(CN(C)Cc3cccnc3)no2)C1c1cccc([N+](=O)[O-])c1. The van der Waals surface area contributed by atoms with Crippen molar-refractivity contribution in [1.82, 2.24) is 25.3 Å². The van der Waals surface area contributed by atoms with E-state index in [-0.39, 0.29) is 17.3 Å². The number of allylic oxidation sites excluding steroid dienone is 3. The molecule has 0 bridgehead atoms. The second kappa shape index (κ2) is 11.0. The molecule has 12 nitrogen and oxygen atoms in total. The molecule has 1 aliphatic rings. The zero-order valence-electron chi connectivity index (χ0n) is 20.8. The third-order valence-corrected chi connectivity index (χ3v) is 5.76.